The molecule has 0 aliphatic rings. The monoisotopic (exact) mass is 485 g/mol. The Morgan fingerprint density at radius 2 is 1.59 bits per heavy atom. The Morgan fingerprint density at radius 3 is 2.21 bits per heavy atom. The summed E-state index contributed by atoms with van der Waals surface area (Å²) in [7, 11) is -4.74. The maximum absolute atomic E-state index is 13.4. The van der Waals surface area contributed by atoms with Gasteiger partial charge in [0.05, 0.1) is 16.3 Å². The molecule has 1 heterocycles. The van der Waals surface area contributed by atoms with Gasteiger partial charge in [0.2, 0.25) is 9.84 Å². The third-order valence-corrected chi connectivity index (χ3v) is 6.45. The number of nitrogens with one attached hydrogen (secondary N) is 1. The summed E-state index contributed by atoms with van der Waals surface area (Å²) in [6.07, 6.45) is 1.74. The molecular formula is C24H18F3N3O3S. The van der Waals surface area contributed by atoms with E-state index in [1.54, 1.807) is 23.0 Å². The second-order valence-corrected chi connectivity index (χ2v) is 9.22. The van der Waals surface area contributed by atoms with Gasteiger partial charge in [0, 0.05) is 29.4 Å². The van der Waals surface area contributed by atoms with Crippen LogP contribution < -0.4 is 5.32 Å². The van der Waals surface area contributed by atoms with E-state index in [1.165, 1.54) is 24.3 Å². The Balaban J connectivity index is 1.58. The Labute approximate surface area is 193 Å². The number of hydrogen-bond acceptors (Lipinski definition) is 4. The molecule has 34 heavy (non-hydrogen) atoms. The number of nitrogens with zero attached hydrogens (tertiary/aromatic N) is 2. The van der Waals surface area contributed by atoms with E-state index < -0.39 is 32.2 Å². The van der Waals surface area contributed by atoms with Gasteiger partial charge in [-0.3, -0.25) is 4.79 Å². The number of amides is 1. The highest BCUT2D eigenvalue weighted by molar-refractivity contribution is 7.91. The van der Waals surface area contributed by atoms with Gasteiger partial charge in [-0.05, 0) is 60.7 Å². The van der Waals surface area contributed by atoms with Crippen molar-refractivity contribution in [1.29, 1.82) is 0 Å². The highest BCUT2D eigenvalue weighted by Gasteiger charge is 2.26. The zero-order valence-corrected chi connectivity index (χ0v) is 18.3. The first-order valence-corrected chi connectivity index (χ1v) is 11.6. The number of halogens is 3. The first kappa shape index (κ1) is 23.2. The molecule has 0 unspecified atom stereocenters. The normalized spacial score (nSPS) is 11.5. The van der Waals surface area contributed by atoms with Gasteiger partial charge in [0.25, 0.3) is 5.91 Å². The number of para-hydroxylation sites is 1. The number of rotatable bonds is 7. The molecular weight excluding hydrogens is 467 g/mol. The van der Waals surface area contributed by atoms with Crippen molar-refractivity contribution in [3.63, 3.8) is 0 Å². The summed E-state index contributed by atoms with van der Waals surface area (Å²) >= 11 is 0. The van der Waals surface area contributed by atoms with E-state index in [0.717, 1.165) is 17.8 Å². The SMILES string of the molecule is O=C(NCc1cn(-c2ccccc2)nc1-c1ccc(F)cc1)c1ccc(S(=O)(=O)C(F)F)cc1. The second-order valence-electron chi connectivity index (χ2n) is 7.30. The van der Waals surface area contributed by atoms with Crippen LogP contribution >= 0.6 is 0 Å². The largest absolute Gasteiger partial charge is 0.348 e. The van der Waals surface area contributed by atoms with Crippen LogP contribution in [0.1, 0.15) is 15.9 Å². The van der Waals surface area contributed by atoms with Crippen molar-refractivity contribution in [3.05, 3.63) is 102 Å². The van der Waals surface area contributed by atoms with Crippen LogP contribution in [-0.2, 0) is 16.4 Å². The molecule has 0 aliphatic heterocycles. The molecule has 0 fully saturated rings. The number of carbonyl (C=O) groups is 1. The minimum atomic E-state index is -4.74. The van der Waals surface area contributed by atoms with Gasteiger partial charge in [-0.2, -0.15) is 13.9 Å². The van der Waals surface area contributed by atoms with Crippen molar-refractivity contribution in [2.75, 3.05) is 0 Å². The van der Waals surface area contributed by atoms with Crippen molar-refractivity contribution in [1.82, 2.24) is 15.1 Å². The van der Waals surface area contributed by atoms with E-state index in [2.05, 4.69) is 10.4 Å². The van der Waals surface area contributed by atoms with Crippen LogP contribution in [0.2, 0.25) is 0 Å². The number of aromatic nitrogens is 2. The number of benzene rings is 3. The topological polar surface area (TPSA) is 81.1 Å². The molecule has 1 aromatic heterocycles. The van der Waals surface area contributed by atoms with Crippen LogP contribution in [0.3, 0.4) is 0 Å². The van der Waals surface area contributed by atoms with Crippen LogP contribution in [0.25, 0.3) is 16.9 Å². The van der Waals surface area contributed by atoms with Gasteiger partial charge in [-0.1, -0.05) is 18.2 Å². The van der Waals surface area contributed by atoms with Crippen molar-refractivity contribution in [2.45, 2.75) is 17.2 Å². The van der Waals surface area contributed by atoms with Crippen molar-refractivity contribution < 1.29 is 26.4 Å². The molecule has 0 saturated heterocycles. The summed E-state index contributed by atoms with van der Waals surface area (Å²) < 4.78 is 63.5. The molecule has 6 nitrogen and oxygen atoms in total. The molecule has 0 radical (unpaired) electrons. The standard InChI is InChI=1S/C24H18F3N3O3S/c25-19-10-6-16(7-11-19)22-18(15-30(29-22)20-4-2-1-3-5-20)14-28-23(31)17-8-12-21(13-9-17)34(32,33)24(26)27/h1-13,15,24H,14H2,(H,28,31). The fourth-order valence-electron chi connectivity index (χ4n) is 3.28. The third-order valence-electron chi connectivity index (χ3n) is 5.05. The summed E-state index contributed by atoms with van der Waals surface area (Å²) in [6, 6.07) is 19.4. The average Bonchev–Trinajstić information content (AvgIpc) is 3.28. The van der Waals surface area contributed by atoms with Crippen LogP contribution in [0, 0.1) is 5.82 Å². The minimum absolute atomic E-state index is 0.0649. The fraction of sp³-hybridized carbons (Fsp3) is 0.0833. The van der Waals surface area contributed by atoms with E-state index >= 15 is 0 Å². The van der Waals surface area contributed by atoms with Gasteiger partial charge in [-0.25, -0.2) is 17.5 Å². The lowest BCUT2D eigenvalue weighted by molar-refractivity contribution is 0.0951. The third kappa shape index (κ3) is 4.86. The van der Waals surface area contributed by atoms with E-state index in [-0.39, 0.29) is 12.1 Å². The molecule has 3 aromatic carbocycles. The molecule has 174 valence electrons. The van der Waals surface area contributed by atoms with Gasteiger partial charge in [0.1, 0.15) is 5.82 Å². The zero-order chi connectivity index (χ0) is 24.3. The molecule has 0 atom stereocenters. The Bertz CT molecular complexity index is 1400. The predicted molar refractivity (Wildman–Crippen MR) is 120 cm³/mol. The van der Waals surface area contributed by atoms with Crippen molar-refractivity contribution >= 4 is 15.7 Å². The van der Waals surface area contributed by atoms with Crippen LogP contribution in [0.5, 0.6) is 0 Å². The lowest BCUT2D eigenvalue weighted by Gasteiger charge is -2.07. The van der Waals surface area contributed by atoms with Crippen molar-refractivity contribution in [3.8, 4) is 16.9 Å². The highest BCUT2D eigenvalue weighted by atomic mass is 32.2. The van der Waals surface area contributed by atoms with E-state index in [4.69, 9.17) is 0 Å². The fourth-order valence-corrected chi connectivity index (χ4v) is 4.00. The summed E-state index contributed by atoms with van der Waals surface area (Å²) in [6.45, 7) is 0.0649. The quantitative estimate of drug-likeness (QED) is 0.415. The lowest BCUT2D eigenvalue weighted by Crippen LogP contribution is -2.23. The molecule has 0 aliphatic carbocycles. The second kappa shape index (κ2) is 9.52. The number of carbonyl (C=O) groups excluding carboxylic acids is 1. The smallest absolute Gasteiger partial charge is 0.341 e. The molecule has 0 spiro atoms. The van der Waals surface area contributed by atoms with E-state index in [9.17, 15) is 26.4 Å². The molecule has 0 saturated carbocycles. The molecule has 1 N–H and O–H groups in total. The number of sulfone groups is 1. The lowest BCUT2D eigenvalue weighted by atomic mass is 10.1. The molecule has 1 amide bonds. The summed E-state index contributed by atoms with van der Waals surface area (Å²) in [5.41, 5.74) is 2.75. The highest BCUT2D eigenvalue weighted by Crippen LogP contribution is 2.24. The van der Waals surface area contributed by atoms with Crippen molar-refractivity contribution in [2.24, 2.45) is 0 Å². The summed E-state index contributed by atoms with van der Waals surface area (Å²) in [4.78, 5) is 12.0. The zero-order valence-electron chi connectivity index (χ0n) is 17.5. The molecule has 4 rings (SSSR count). The van der Waals surface area contributed by atoms with Crippen LogP contribution in [-0.4, -0.2) is 29.9 Å². The number of hydrogen-bond donors (Lipinski definition) is 1. The summed E-state index contributed by atoms with van der Waals surface area (Å²) in [5.74, 6) is -4.46. The Morgan fingerprint density at radius 1 is 0.941 bits per heavy atom. The summed E-state index contributed by atoms with van der Waals surface area (Å²) in [5, 5.41) is 7.31. The Hall–Kier alpha value is -3.92. The van der Waals surface area contributed by atoms with Gasteiger partial charge >= 0.3 is 5.76 Å². The predicted octanol–water partition coefficient (Wildman–Crippen LogP) is 4.60. The first-order chi connectivity index (χ1) is 16.3. The molecule has 10 heteroatoms. The van der Waals surface area contributed by atoms with Gasteiger partial charge < -0.3 is 5.32 Å². The maximum atomic E-state index is 13.4. The Kier molecular flexibility index (Phi) is 6.51. The molecule has 0 bridgehead atoms. The minimum Gasteiger partial charge on any atom is -0.348 e. The van der Waals surface area contributed by atoms with E-state index in [1.807, 2.05) is 30.3 Å². The first-order valence-electron chi connectivity index (χ1n) is 10.1. The van der Waals surface area contributed by atoms with Gasteiger partial charge in [-0.15, -0.1) is 0 Å². The number of alkyl halides is 2. The molecule has 4 aromatic rings. The average molecular weight is 485 g/mol. The maximum Gasteiger partial charge on any atom is 0.341 e. The van der Waals surface area contributed by atoms with Gasteiger partial charge in [0.15, 0.2) is 0 Å². The van der Waals surface area contributed by atoms with Crippen LogP contribution in [0.4, 0.5) is 13.2 Å². The van der Waals surface area contributed by atoms with E-state index in [0.29, 0.717) is 16.8 Å². The van der Waals surface area contributed by atoms with Crippen LogP contribution in [0.15, 0.2) is 90.0 Å².